The number of carbonyl (C=O) groups is 2. The van der Waals surface area contributed by atoms with Crippen LogP contribution in [0.2, 0.25) is 5.02 Å². The molecule has 2 rings (SSSR count). The van der Waals surface area contributed by atoms with Crippen molar-refractivity contribution >= 4 is 34.8 Å². The molecule has 0 saturated carbocycles. The van der Waals surface area contributed by atoms with Crippen molar-refractivity contribution in [1.29, 1.82) is 0 Å². The summed E-state index contributed by atoms with van der Waals surface area (Å²) in [4.78, 5) is 26.0. The molecule has 1 N–H and O–H groups in total. The highest BCUT2D eigenvalue weighted by atomic mass is 35.5. The SMILES string of the molecule is CCc1ccccc1N(CC(=O)Nc1cc(Cl)ccc1C)C(C)=O. The number of aryl methyl sites for hydroxylation is 2. The van der Waals surface area contributed by atoms with E-state index >= 15 is 0 Å². The van der Waals surface area contributed by atoms with E-state index in [1.807, 2.05) is 44.2 Å². The van der Waals surface area contributed by atoms with Crippen LogP contribution in [0.5, 0.6) is 0 Å². The van der Waals surface area contributed by atoms with E-state index in [0.717, 1.165) is 23.2 Å². The first-order chi connectivity index (χ1) is 11.4. The van der Waals surface area contributed by atoms with E-state index < -0.39 is 0 Å². The molecule has 5 heteroatoms. The summed E-state index contributed by atoms with van der Waals surface area (Å²) in [5.41, 5.74) is 3.36. The van der Waals surface area contributed by atoms with E-state index in [1.165, 1.54) is 11.8 Å². The summed E-state index contributed by atoms with van der Waals surface area (Å²) in [6.45, 7) is 5.33. The van der Waals surface area contributed by atoms with Crippen LogP contribution in [-0.2, 0) is 16.0 Å². The third-order valence-electron chi connectivity index (χ3n) is 3.82. The number of amides is 2. The van der Waals surface area contributed by atoms with E-state index in [0.29, 0.717) is 10.7 Å². The summed E-state index contributed by atoms with van der Waals surface area (Å²) in [5, 5.41) is 3.38. The zero-order valence-electron chi connectivity index (χ0n) is 14.1. The van der Waals surface area contributed by atoms with Gasteiger partial charge < -0.3 is 10.2 Å². The number of carbonyl (C=O) groups excluding carboxylic acids is 2. The third-order valence-corrected chi connectivity index (χ3v) is 4.05. The molecule has 2 aromatic carbocycles. The molecule has 2 amide bonds. The first-order valence-corrected chi connectivity index (χ1v) is 8.22. The lowest BCUT2D eigenvalue weighted by molar-refractivity contribution is -0.120. The quantitative estimate of drug-likeness (QED) is 0.883. The average molecular weight is 345 g/mol. The monoisotopic (exact) mass is 344 g/mol. The van der Waals surface area contributed by atoms with Crippen LogP contribution in [0.3, 0.4) is 0 Å². The second-order valence-corrected chi connectivity index (χ2v) is 6.03. The second-order valence-electron chi connectivity index (χ2n) is 5.59. The Morgan fingerprint density at radius 1 is 1.17 bits per heavy atom. The van der Waals surface area contributed by atoms with Crippen LogP contribution in [0, 0.1) is 6.92 Å². The minimum Gasteiger partial charge on any atom is -0.324 e. The molecular weight excluding hydrogens is 324 g/mol. The summed E-state index contributed by atoms with van der Waals surface area (Å²) in [6.07, 6.45) is 0.787. The van der Waals surface area contributed by atoms with Crippen molar-refractivity contribution in [1.82, 2.24) is 0 Å². The topological polar surface area (TPSA) is 49.4 Å². The molecule has 24 heavy (non-hydrogen) atoms. The summed E-state index contributed by atoms with van der Waals surface area (Å²) < 4.78 is 0. The van der Waals surface area contributed by atoms with Gasteiger partial charge in [0, 0.05) is 23.3 Å². The van der Waals surface area contributed by atoms with Crippen molar-refractivity contribution in [2.45, 2.75) is 27.2 Å². The predicted octanol–water partition coefficient (Wildman–Crippen LogP) is 4.20. The van der Waals surface area contributed by atoms with Crippen molar-refractivity contribution in [2.75, 3.05) is 16.8 Å². The van der Waals surface area contributed by atoms with E-state index in [4.69, 9.17) is 11.6 Å². The summed E-state index contributed by atoms with van der Waals surface area (Å²) >= 11 is 5.98. The molecule has 0 aliphatic rings. The van der Waals surface area contributed by atoms with Gasteiger partial charge in [-0.05, 0) is 42.7 Å². The maximum absolute atomic E-state index is 12.4. The van der Waals surface area contributed by atoms with Gasteiger partial charge in [-0.25, -0.2) is 0 Å². The van der Waals surface area contributed by atoms with Gasteiger partial charge in [-0.1, -0.05) is 42.8 Å². The van der Waals surface area contributed by atoms with E-state index in [1.54, 1.807) is 12.1 Å². The highest BCUT2D eigenvalue weighted by Gasteiger charge is 2.18. The van der Waals surface area contributed by atoms with Gasteiger partial charge in [0.05, 0.1) is 0 Å². The predicted molar refractivity (Wildman–Crippen MR) is 98.7 cm³/mol. The smallest absolute Gasteiger partial charge is 0.244 e. The molecule has 126 valence electrons. The Bertz CT molecular complexity index is 759. The summed E-state index contributed by atoms with van der Waals surface area (Å²) in [7, 11) is 0. The zero-order valence-corrected chi connectivity index (χ0v) is 14.9. The Balaban J connectivity index is 2.20. The van der Waals surface area contributed by atoms with Gasteiger partial charge in [-0.3, -0.25) is 9.59 Å². The zero-order chi connectivity index (χ0) is 17.7. The molecule has 0 heterocycles. The molecule has 0 fully saturated rings. The van der Waals surface area contributed by atoms with Crippen molar-refractivity contribution in [3.63, 3.8) is 0 Å². The van der Waals surface area contributed by atoms with Crippen LogP contribution >= 0.6 is 11.6 Å². The minimum absolute atomic E-state index is 0.0434. The number of rotatable bonds is 5. The molecule has 0 unspecified atom stereocenters. The number of hydrogen-bond donors (Lipinski definition) is 1. The molecular formula is C19H21ClN2O2. The summed E-state index contributed by atoms with van der Waals surface area (Å²) in [5.74, 6) is -0.435. The van der Waals surface area contributed by atoms with Crippen LogP contribution in [0.25, 0.3) is 0 Å². The number of benzene rings is 2. The van der Waals surface area contributed by atoms with Crippen molar-refractivity contribution in [3.8, 4) is 0 Å². The second kappa shape index (κ2) is 7.97. The summed E-state index contributed by atoms with van der Waals surface area (Å²) in [6, 6.07) is 12.9. The molecule has 0 atom stereocenters. The van der Waals surface area contributed by atoms with Crippen LogP contribution in [0.1, 0.15) is 25.0 Å². The van der Waals surface area contributed by atoms with Crippen molar-refractivity contribution in [3.05, 3.63) is 58.6 Å². The Morgan fingerprint density at radius 3 is 2.54 bits per heavy atom. The molecule has 0 bridgehead atoms. The van der Waals surface area contributed by atoms with Crippen LogP contribution in [0.4, 0.5) is 11.4 Å². The van der Waals surface area contributed by atoms with Gasteiger partial charge in [0.1, 0.15) is 6.54 Å². The fourth-order valence-electron chi connectivity index (χ4n) is 2.50. The number of anilines is 2. The van der Waals surface area contributed by atoms with Gasteiger partial charge in [0.2, 0.25) is 11.8 Å². The largest absolute Gasteiger partial charge is 0.324 e. The van der Waals surface area contributed by atoms with Gasteiger partial charge in [-0.2, -0.15) is 0 Å². The molecule has 2 aromatic rings. The van der Waals surface area contributed by atoms with Gasteiger partial charge in [0.25, 0.3) is 0 Å². The van der Waals surface area contributed by atoms with Crippen molar-refractivity contribution < 1.29 is 9.59 Å². The van der Waals surface area contributed by atoms with E-state index in [2.05, 4.69) is 5.32 Å². The molecule has 0 radical (unpaired) electrons. The first kappa shape index (κ1) is 18.0. The lowest BCUT2D eigenvalue weighted by atomic mass is 10.1. The number of nitrogens with zero attached hydrogens (tertiary/aromatic N) is 1. The fraction of sp³-hybridized carbons (Fsp3) is 0.263. The molecule has 0 spiro atoms. The number of para-hydroxylation sites is 1. The van der Waals surface area contributed by atoms with Gasteiger partial charge >= 0.3 is 0 Å². The Kier molecular flexibility index (Phi) is 5.99. The maximum Gasteiger partial charge on any atom is 0.244 e. The first-order valence-electron chi connectivity index (χ1n) is 7.84. The van der Waals surface area contributed by atoms with Gasteiger partial charge in [-0.15, -0.1) is 0 Å². The minimum atomic E-state index is -0.263. The van der Waals surface area contributed by atoms with Crippen molar-refractivity contribution in [2.24, 2.45) is 0 Å². The lowest BCUT2D eigenvalue weighted by Crippen LogP contribution is -2.37. The molecule has 4 nitrogen and oxygen atoms in total. The van der Waals surface area contributed by atoms with Crippen LogP contribution in [0.15, 0.2) is 42.5 Å². The van der Waals surface area contributed by atoms with Crippen LogP contribution in [-0.4, -0.2) is 18.4 Å². The van der Waals surface area contributed by atoms with Crippen LogP contribution < -0.4 is 10.2 Å². The number of hydrogen-bond acceptors (Lipinski definition) is 2. The number of nitrogens with one attached hydrogen (secondary N) is 1. The van der Waals surface area contributed by atoms with Gasteiger partial charge in [0.15, 0.2) is 0 Å². The Labute approximate surface area is 147 Å². The molecule has 0 aromatic heterocycles. The Hall–Kier alpha value is -2.33. The normalized spacial score (nSPS) is 10.3. The number of halogens is 1. The molecule has 0 aliphatic carbocycles. The third kappa shape index (κ3) is 4.36. The van der Waals surface area contributed by atoms with E-state index in [-0.39, 0.29) is 18.4 Å². The maximum atomic E-state index is 12.4. The highest BCUT2D eigenvalue weighted by Crippen LogP contribution is 2.23. The standard InChI is InChI=1S/C19H21ClN2O2/c1-4-15-7-5-6-8-18(15)22(14(3)23)12-19(24)21-17-11-16(20)10-9-13(17)2/h5-11H,4,12H2,1-3H3,(H,21,24). The molecule has 0 aliphatic heterocycles. The fourth-order valence-corrected chi connectivity index (χ4v) is 2.67. The van der Waals surface area contributed by atoms with E-state index in [9.17, 15) is 9.59 Å². The average Bonchev–Trinajstić information content (AvgIpc) is 2.55. The molecule has 0 saturated heterocycles. The lowest BCUT2D eigenvalue weighted by Gasteiger charge is -2.23. The highest BCUT2D eigenvalue weighted by molar-refractivity contribution is 6.31. The Morgan fingerprint density at radius 2 is 1.88 bits per heavy atom.